The van der Waals surface area contributed by atoms with Gasteiger partial charge in [-0.1, -0.05) is 36.4 Å². The summed E-state index contributed by atoms with van der Waals surface area (Å²) in [6, 6.07) is 23.1. The lowest BCUT2D eigenvalue weighted by Crippen LogP contribution is -2.19. The number of amidine groups is 1. The van der Waals surface area contributed by atoms with Gasteiger partial charge in [0, 0.05) is 0 Å². The number of carbonyl (C=O) groups excluding carboxylic acids is 1. The summed E-state index contributed by atoms with van der Waals surface area (Å²) in [5.41, 5.74) is 2.73. The molecule has 3 aromatic rings. The molecule has 1 N–H and O–H groups in total. The van der Waals surface area contributed by atoms with Crippen LogP contribution in [0.2, 0.25) is 0 Å². The van der Waals surface area contributed by atoms with Crippen LogP contribution in [-0.4, -0.2) is 18.2 Å². The summed E-state index contributed by atoms with van der Waals surface area (Å²) in [4.78, 5) is 17.4. The summed E-state index contributed by atoms with van der Waals surface area (Å²) in [6.07, 6.45) is 1.84. The highest BCUT2D eigenvalue weighted by atomic mass is 79.9. The van der Waals surface area contributed by atoms with E-state index in [1.807, 2.05) is 78.9 Å². The number of nitrogens with one attached hydrogen (secondary N) is 1. The van der Waals surface area contributed by atoms with E-state index in [9.17, 15) is 4.79 Å². The van der Waals surface area contributed by atoms with Gasteiger partial charge in [-0.25, -0.2) is 4.99 Å². The second-order valence-corrected chi connectivity index (χ2v) is 8.53. The first kappa shape index (κ1) is 21.2. The molecule has 0 saturated carbocycles. The smallest absolute Gasteiger partial charge is 0.264 e. The zero-order valence-corrected chi connectivity index (χ0v) is 19.1. The van der Waals surface area contributed by atoms with Crippen molar-refractivity contribution in [1.29, 1.82) is 0 Å². The maximum absolute atomic E-state index is 12.4. The fourth-order valence-corrected chi connectivity index (χ4v) is 4.22. The first-order valence-electron chi connectivity index (χ1n) is 9.50. The zero-order chi connectivity index (χ0) is 21.6. The first-order chi connectivity index (χ1) is 15.1. The number of carbonyl (C=O) groups is 1. The van der Waals surface area contributed by atoms with E-state index < -0.39 is 0 Å². The number of ether oxygens (including phenoxy) is 2. The standard InChI is InChI=1S/C24H19BrN2O3S/c1-29-19-10-8-18(9-11-19)26-24-27-23(28)22(31-24)14-17-7-12-21(20(25)13-17)30-15-16-5-3-2-4-6-16/h2-14H,15H2,1H3,(H,26,27,28)/b22-14+. The van der Waals surface area contributed by atoms with Crippen molar-refractivity contribution in [2.75, 3.05) is 7.11 Å². The van der Waals surface area contributed by atoms with E-state index in [2.05, 4.69) is 26.2 Å². The molecule has 0 atom stereocenters. The number of nitrogens with zero attached hydrogens (tertiary/aromatic N) is 1. The summed E-state index contributed by atoms with van der Waals surface area (Å²) in [6.45, 7) is 0.489. The minimum atomic E-state index is -0.169. The van der Waals surface area contributed by atoms with E-state index in [-0.39, 0.29) is 5.91 Å². The number of hydrogen-bond acceptors (Lipinski definition) is 5. The molecule has 0 bridgehead atoms. The second kappa shape index (κ2) is 9.85. The van der Waals surface area contributed by atoms with Crippen LogP contribution in [0.4, 0.5) is 5.69 Å². The number of amides is 1. The average Bonchev–Trinajstić information content (AvgIpc) is 3.13. The van der Waals surface area contributed by atoms with E-state index in [0.717, 1.165) is 32.8 Å². The minimum absolute atomic E-state index is 0.169. The Labute approximate surface area is 193 Å². The lowest BCUT2D eigenvalue weighted by molar-refractivity contribution is -0.115. The van der Waals surface area contributed by atoms with Crippen molar-refractivity contribution in [3.05, 3.63) is 93.3 Å². The van der Waals surface area contributed by atoms with Gasteiger partial charge in [-0.05, 0) is 81.3 Å². The number of benzene rings is 3. The second-order valence-electron chi connectivity index (χ2n) is 6.64. The van der Waals surface area contributed by atoms with Crippen molar-refractivity contribution in [1.82, 2.24) is 5.32 Å². The van der Waals surface area contributed by atoms with Crippen LogP contribution in [0.1, 0.15) is 11.1 Å². The number of rotatable bonds is 6. The fraction of sp³-hybridized carbons (Fsp3) is 0.0833. The third kappa shape index (κ3) is 5.57. The molecule has 31 heavy (non-hydrogen) atoms. The van der Waals surface area contributed by atoms with Crippen molar-refractivity contribution in [2.24, 2.45) is 4.99 Å². The predicted molar refractivity (Wildman–Crippen MR) is 129 cm³/mol. The number of thioether (sulfide) groups is 1. The Morgan fingerprint density at radius 1 is 1.06 bits per heavy atom. The highest BCUT2D eigenvalue weighted by molar-refractivity contribution is 9.10. The van der Waals surface area contributed by atoms with Crippen molar-refractivity contribution in [2.45, 2.75) is 6.61 Å². The molecule has 1 aliphatic rings. The summed E-state index contributed by atoms with van der Waals surface area (Å²) < 4.78 is 11.9. The molecule has 1 heterocycles. The van der Waals surface area contributed by atoms with E-state index in [1.54, 1.807) is 7.11 Å². The largest absolute Gasteiger partial charge is 0.497 e. The van der Waals surface area contributed by atoms with Crippen LogP contribution in [-0.2, 0) is 11.4 Å². The third-order valence-electron chi connectivity index (χ3n) is 4.44. The van der Waals surface area contributed by atoms with Crippen LogP contribution in [0.15, 0.2) is 87.2 Å². The Hall–Kier alpha value is -3.03. The zero-order valence-electron chi connectivity index (χ0n) is 16.7. The number of hydrogen-bond donors (Lipinski definition) is 1. The van der Waals surface area contributed by atoms with Gasteiger partial charge in [-0.3, -0.25) is 4.79 Å². The minimum Gasteiger partial charge on any atom is -0.497 e. The first-order valence-corrected chi connectivity index (χ1v) is 11.1. The van der Waals surface area contributed by atoms with Gasteiger partial charge in [0.15, 0.2) is 5.17 Å². The topological polar surface area (TPSA) is 59.9 Å². The van der Waals surface area contributed by atoms with E-state index in [0.29, 0.717) is 16.7 Å². The number of halogens is 1. The summed E-state index contributed by atoms with van der Waals surface area (Å²) in [5.74, 6) is 1.34. The van der Waals surface area contributed by atoms with E-state index in [4.69, 9.17) is 9.47 Å². The molecule has 3 aromatic carbocycles. The Morgan fingerprint density at radius 2 is 1.84 bits per heavy atom. The average molecular weight is 495 g/mol. The molecule has 5 nitrogen and oxygen atoms in total. The summed E-state index contributed by atoms with van der Waals surface area (Å²) >= 11 is 4.87. The van der Waals surface area contributed by atoms with Crippen LogP contribution in [0.5, 0.6) is 11.5 Å². The molecule has 0 radical (unpaired) electrons. The highest BCUT2D eigenvalue weighted by Gasteiger charge is 2.23. The van der Waals surface area contributed by atoms with Gasteiger partial charge < -0.3 is 14.8 Å². The molecular weight excluding hydrogens is 476 g/mol. The van der Waals surface area contributed by atoms with Gasteiger partial charge in [0.05, 0.1) is 22.2 Å². The van der Waals surface area contributed by atoms with Crippen molar-refractivity contribution in [3.8, 4) is 11.5 Å². The maximum atomic E-state index is 12.4. The Morgan fingerprint density at radius 3 is 2.55 bits per heavy atom. The molecule has 7 heteroatoms. The van der Waals surface area contributed by atoms with Gasteiger partial charge in [-0.2, -0.15) is 0 Å². The molecule has 1 amide bonds. The number of methoxy groups -OCH3 is 1. The van der Waals surface area contributed by atoms with E-state index >= 15 is 0 Å². The third-order valence-corrected chi connectivity index (χ3v) is 5.97. The summed E-state index contributed by atoms with van der Waals surface area (Å²) in [5, 5.41) is 3.35. The van der Waals surface area contributed by atoms with Crippen molar-refractivity contribution in [3.63, 3.8) is 0 Å². The lowest BCUT2D eigenvalue weighted by atomic mass is 10.2. The molecule has 1 aliphatic heterocycles. The normalized spacial score (nSPS) is 15.9. The molecule has 1 saturated heterocycles. The quantitative estimate of drug-likeness (QED) is 0.431. The molecule has 0 spiro atoms. The predicted octanol–water partition coefficient (Wildman–Crippen LogP) is 5.93. The lowest BCUT2D eigenvalue weighted by Gasteiger charge is -2.09. The van der Waals surface area contributed by atoms with Crippen LogP contribution < -0.4 is 14.8 Å². The van der Waals surface area contributed by atoms with Crippen LogP contribution in [0.3, 0.4) is 0 Å². The van der Waals surface area contributed by atoms with Gasteiger partial charge in [0.25, 0.3) is 5.91 Å². The van der Waals surface area contributed by atoms with Gasteiger partial charge in [-0.15, -0.1) is 0 Å². The molecule has 156 valence electrons. The fourth-order valence-electron chi connectivity index (χ4n) is 2.87. The van der Waals surface area contributed by atoms with Gasteiger partial charge in [0.2, 0.25) is 0 Å². The SMILES string of the molecule is COc1ccc(N=C2NC(=O)/C(=C\c3ccc(OCc4ccccc4)c(Br)c3)S2)cc1. The van der Waals surface area contributed by atoms with Crippen molar-refractivity contribution >= 4 is 50.5 Å². The Bertz CT molecular complexity index is 1150. The summed E-state index contributed by atoms with van der Waals surface area (Å²) in [7, 11) is 1.62. The molecular formula is C24H19BrN2O3S. The van der Waals surface area contributed by atoms with Gasteiger partial charge in [0.1, 0.15) is 18.1 Å². The monoisotopic (exact) mass is 494 g/mol. The van der Waals surface area contributed by atoms with Crippen LogP contribution >= 0.6 is 27.7 Å². The van der Waals surface area contributed by atoms with Crippen LogP contribution in [0, 0.1) is 0 Å². The Kier molecular flexibility index (Phi) is 6.74. The van der Waals surface area contributed by atoms with Gasteiger partial charge >= 0.3 is 0 Å². The number of aliphatic imine (C=N–C) groups is 1. The molecule has 1 fully saturated rings. The molecule has 0 aromatic heterocycles. The van der Waals surface area contributed by atoms with Crippen LogP contribution in [0.25, 0.3) is 6.08 Å². The molecule has 0 aliphatic carbocycles. The molecule has 0 unspecified atom stereocenters. The highest BCUT2D eigenvalue weighted by Crippen LogP contribution is 2.31. The van der Waals surface area contributed by atoms with Crippen molar-refractivity contribution < 1.29 is 14.3 Å². The Balaban J connectivity index is 1.44. The maximum Gasteiger partial charge on any atom is 0.264 e. The van der Waals surface area contributed by atoms with E-state index in [1.165, 1.54) is 11.8 Å². The molecule has 4 rings (SSSR count).